The lowest BCUT2D eigenvalue weighted by Crippen LogP contribution is -2.38. The zero-order chi connectivity index (χ0) is 24.6. The van der Waals surface area contributed by atoms with Gasteiger partial charge in [0.1, 0.15) is 0 Å². The van der Waals surface area contributed by atoms with E-state index in [2.05, 4.69) is 10.3 Å². The van der Waals surface area contributed by atoms with Gasteiger partial charge in [-0.25, -0.2) is 0 Å². The van der Waals surface area contributed by atoms with Crippen molar-refractivity contribution in [1.29, 1.82) is 0 Å². The lowest BCUT2D eigenvalue weighted by Gasteiger charge is -2.46. The minimum atomic E-state index is -3.09. The first kappa shape index (κ1) is 23.9. The average molecular weight is 530 g/mol. The molecule has 0 saturated carbocycles. The van der Waals surface area contributed by atoms with Crippen LogP contribution in [0.15, 0.2) is 72.9 Å². The maximum Gasteiger partial charge on any atom is 0.257 e. The Morgan fingerprint density at radius 2 is 1.86 bits per heavy atom. The molecule has 35 heavy (non-hydrogen) atoms. The maximum atomic E-state index is 13.0. The lowest BCUT2D eigenvalue weighted by atomic mass is 10.0. The predicted octanol–water partition coefficient (Wildman–Crippen LogP) is 6.92. The van der Waals surface area contributed by atoms with Crippen molar-refractivity contribution in [2.24, 2.45) is 0 Å². The first-order valence-electron chi connectivity index (χ1n) is 10.7. The molecule has 1 amide bonds. The number of carbonyl (C=O) groups excluding carboxylic acids is 1. The molecule has 1 saturated heterocycles. The van der Waals surface area contributed by atoms with Crippen molar-refractivity contribution in [1.82, 2.24) is 4.98 Å². The minimum absolute atomic E-state index is 0.169. The first-order chi connectivity index (χ1) is 16.8. The molecule has 0 spiro atoms. The zero-order valence-corrected chi connectivity index (χ0v) is 20.6. The monoisotopic (exact) mass is 529 g/mol. The quantitative estimate of drug-likeness (QED) is 0.265. The van der Waals surface area contributed by atoms with Gasteiger partial charge in [-0.1, -0.05) is 58.2 Å². The second-order valence-electron chi connectivity index (χ2n) is 7.95. The fourth-order valence-electron chi connectivity index (χ4n) is 3.99. The van der Waals surface area contributed by atoms with E-state index in [9.17, 15) is 13.9 Å². The van der Waals surface area contributed by atoms with Crippen LogP contribution in [-0.4, -0.2) is 39.1 Å². The number of aromatic nitrogens is 1. The lowest BCUT2D eigenvalue weighted by molar-refractivity contribution is 0.102. The van der Waals surface area contributed by atoms with Crippen LogP contribution in [0.5, 0.6) is 0 Å². The minimum Gasteiger partial charge on any atom is -0.357 e. The number of hydrogen-bond acceptors (Lipinski definition) is 6. The van der Waals surface area contributed by atoms with Gasteiger partial charge in [-0.15, -0.1) is 0 Å². The van der Waals surface area contributed by atoms with E-state index in [-0.39, 0.29) is 16.5 Å². The summed E-state index contributed by atoms with van der Waals surface area (Å²) < 4.78 is 27.1. The Morgan fingerprint density at radius 1 is 1.03 bits per heavy atom. The molecule has 0 bridgehead atoms. The molecule has 3 N–H and O–H groups in total. The van der Waals surface area contributed by atoms with Crippen LogP contribution < -0.4 is 9.62 Å². The van der Waals surface area contributed by atoms with Gasteiger partial charge >= 0.3 is 0 Å². The summed E-state index contributed by atoms with van der Waals surface area (Å²) in [5, 5.41) is 5.55. The molecular weight excluding hydrogens is 509 g/mol. The number of benzene rings is 3. The molecule has 1 fully saturated rings. The number of fused-ring (bicyclic) bond motifs is 1. The molecule has 2 heterocycles. The predicted molar refractivity (Wildman–Crippen MR) is 143 cm³/mol. The van der Waals surface area contributed by atoms with Crippen LogP contribution in [0.25, 0.3) is 22.0 Å². The Morgan fingerprint density at radius 3 is 2.66 bits per heavy atom. The molecule has 4 aromatic rings. The van der Waals surface area contributed by atoms with Gasteiger partial charge in [0.15, 0.2) is 5.94 Å². The molecule has 0 aliphatic carbocycles. The van der Waals surface area contributed by atoms with E-state index in [4.69, 9.17) is 27.9 Å². The number of pyridine rings is 1. The number of anilines is 2. The highest BCUT2D eigenvalue weighted by Crippen LogP contribution is 2.48. The summed E-state index contributed by atoms with van der Waals surface area (Å²) in [5.74, 6) is -0.577. The van der Waals surface area contributed by atoms with Gasteiger partial charge in [0.2, 0.25) is 0 Å². The summed E-state index contributed by atoms with van der Waals surface area (Å²) >= 11 is 12.9. The van der Waals surface area contributed by atoms with Crippen LogP contribution in [0.2, 0.25) is 10.0 Å². The molecule has 1 aliphatic rings. The molecule has 0 radical (unpaired) electrons. The van der Waals surface area contributed by atoms with Crippen LogP contribution in [0.4, 0.5) is 11.4 Å². The van der Waals surface area contributed by atoms with Gasteiger partial charge in [0.25, 0.3) is 5.91 Å². The van der Waals surface area contributed by atoms with Crippen molar-refractivity contribution < 1.29 is 18.6 Å². The fraction of sp³-hybridized carbons (Fsp3) is 0.120. The molecule has 7 nitrogen and oxygen atoms in total. The highest BCUT2D eigenvalue weighted by Gasteiger charge is 2.28. The number of nitrogens with one attached hydrogen (secondary N) is 1. The summed E-state index contributed by atoms with van der Waals surface area (Å²) in [5.41, 5.74) is 2.70. The van der Waals surface area contributed by atoms with Gasteiger partial charge in [0.05, 0.1) is 40.1 Å². The second kappa shape index (κ2) is 9.66. The number of hydrogen-bond donors (Lipinski definition) is 3. The van der Waals surface area contributed by atoms with Crippen molar-refractivity contribution in [3.05, 3.63) is 88.5 Å². The molecule has 5 rings (SSSR count). The smallest absolute Gasteiger partial charge is 0.257 e. The van der Waals surface area contributed by atoms with Crippen molar-refractivity contribution in [2.45, 2.75) is 0 Å². The third-order valence-corrected chi connectivity index (χ3v) is 7.90. The third kappa shape index (κ3) is 4.81. The number of halogens is 2. The number of rotatable bonds is 4. The Balaban J connectivity index is 1.42. The number of amides is 1. The van der Waals surface area contributed by atoms with Crippen LogP contribution in [0.3, 0.4) is 0 Å². The molecule has 10 heteroatoms. The summed E-state index contributed by atoms with van der Waals surface area (Å²) in [4.78, 5) is 17.5. The molecule has 1 aromatic heterocycles. The fourth-order valence-corrected chi connectivity index (χ4v) is 5.74. The van der Waals surface area contributed by atoms with Gasteiger partial charge in [-0.05, 0) is 47.9 Å². The van der Waals surface area contributed by atoms with E-state index < -0.39 is 16.7 Å². The highest BCUT2D eigenvalue weighted by molar-refractivity contribution is 8.25. The second-order valence-corrected chi connectivity index (χ2v) is 10.7. The molecule has 1 aliphatic heterocycles. The van der Waals surface area contributed by atoms with E-state index in [0.717, 1.165) is 16.5 Å². The van der Waals surface area contributed by atoms with Crippen molar-refractivity contribution >= 4 is 62.0 Å². The van der Waals surface area contributed by atoms with Crippen LogP contribution >= 0.6 is 34.0 Å². The highest BCUT2D eigenvalue weighted by atomic mass is 35.5. The largest absolute Gasteiger partial charge is 0.357 e. The van der Waals surface area contributed by atoms with Crippen LogP contribution in [-0.2, 0) is 4.74 Å². The standard InChI is InChI=1S/C25H21Cl2N3O4S/c26-22-8-5-17(13-21(22)24-19-4-2-1-3-16(19)9-10-28-24)29-25(31)20-7-6-18(14-23(20)27)30-11-12-34-15-35(30,32)33/h1-10,13-14,32-33H,11-12,15H2,(H,29,31). The number of ether oxygens (including phenoxy) is 1. The topological polar surface area (TPSA) is 94.9 Å². The normalized spacial score (nSPS) is 16.2. The molecule has 0 unspecified atom stereocenters. The van der Waals surface area contributed by atoms with Crippen molar-refractivity contribution in [2.75, 3.05) is 28.7 Å². The van der Waals surface area contributed by atoms with Gasteiger partial charge in [0, 0.05) is 22.8 Å². The molecule has 180 valence electrons. The van der Waals surface area contributed by atoms with Gasteiger partial charge < -0.3 is 10.1 Å². The summed E-state index contributed by atoms with van der Waals surface area (Å²) in [6, 6.07) is 19.7. The average Bonchev–Trinajstić information content (AvgIpc) is 2.84. The number of nitrogens with zero attached hydrogens (tertiary/aromatic N) is 2. The van der Waals surface area contributed by atoms with Gasteiger partial charge in [-0.3, -0.25) is 23.2 Å². The summed E-state index contributed by atoms with van der Waals surface area (Å²) in [7, 11) is -3.09. The van der Waals surface area contributed by atoms with E-state index >= 15 is 0 Å². The number of carbonyl (C=O) groups is 1. The van der Waals surface area contributed by atoms with E-state index in [0.29, 0.717) is 35.1 Å². The first-order valence-corrected chi connectivity index (χ1v) is 13.1. The van der Waals surface area contributed by atoms with Crippen LogP contribution in [0.1, 0.15) is 10.4 Å². The molecular formula is C25H21Cl2N3O4S. The van der Waals surface area contributed by atoms with Crippen LogP contribution in [0, 0.1) is 0 Å². The van der Waals surface area contributed by atoms with E-state index in [1.165, 1.54) is 4.31 Å². The summed E-state index contributed by atoms with van der Waals surface area (Å²) in [6.07, 6.45) is 1.73. The van der Waals surface area contributed by atoms with Gasteiger partial charge in [-0.2, -0.15) is 0 Å². The Kier molecular flexibility index (Phi) is 6.59. The van der Waals surface area contributed by atoms with E-state index in [1.54, 1.807) is 42.6 Å². The summed E-state index contributed by atoms with van der Waals surface area (Å²) in [6.45, 7) is 0.667. The van der Waals surface area contributed by atoms with E-state index in [1.807, 2.05) is 30.3 Å². The SMILES string of the molecule is O=C(Nc1ccc(Cl)c(-c2nccc3ccccc23)c1)c1ccc(N2CCOCS2(O)O)cc1Cl. The molecule has 0 atom stereocenters. The van der Waals surface area contributed by atoms with Crippen molar-refractivity contribution in [3.8, 4) is 11.3 Å². The Bertz CT molecular complexity index is 1430. The maximum absolute atomic E-state index is 13.0. The third-order valence-electron chi connectivity index (χ3n) is 5.67. The molecule has 3 aromatic carbocycles. The zero-order valence-electron chi connectivity index (χ0n) is 18.3. The van der Waals surface area contributed by atoms with Crippen molar-refractivity contribution in [3.63, 3.8) is 0 Å². The Hall–Kier alpha value is -2.85. The Labute approximate surface area is 213 Å².